The number of amides is 1. The van der Waals surface area contributed by atoms with Gasteiger partial charge in [0.05, 0.1) is 23.8 Å². The lowest BCUT2D eigenvalue weighted by Crippen LogP contribution is -2.37. The molecule has 0 saturated heterocycles. The lowest BCUT2D eigenvalue weighted by Gasteiger charge is -2.27. The van der Waals surface area contributed by atoms with E-state index in [9.17, 15) is 4.79 Å². The Balaban J connectivity index is 0.00000456. The van der Waals surface area contributed by atoms with Crippen LogP contribution in [0.4, 0.5) is 5.69 Å². The van der Waals surface area contributed by atoms with E-state index in [0.29, 0.717) is 35.1 Å². The van der Waals surface area contributed by atoms with Crippen LogP contribution in [0.25, 0.3) is 0 Å². The second kappa shape index (κ2) is 14.4. The number of unbranched alkanes of at least 4 members (excludes halogenated alkanes) is 2. The van der Waals surface area contributed by atoms with Crippen LogP contribution in [0.3, 0.4) is 0 Å². The lowest BCUT2D eigenvalue weighted by molar-refractivity contribution is 0.0980. The van der Waals surface area contributed by atoms with Crippen molar-refractivity contribution in [2.24, 2.45) is 5.73 Å². The number of nitrogens with one attached hydrogen (secondary N) is 1. The summed E-state index contributed by atoms with van der Waals surface area (Å²) in [7, 11) is 0. The van der Waals surface area contributed by atoms with Crippen molar-refractivity contribution in [2.75, 3.05) is 18.1 Å². The molecule has 0 unspecified atom stereocenters. The molecule has 3 rings (SSSR count). The number of ether oxygens (including phenoxy) is 2. The second-order valence-electron chi connectivity index (χ2n) is 8.44. The van der Waals surface area contributed by atoms with Crippen LogP contribution in [0.2, 0.25) is 5.02 Å². The topological polar surface area (TPSA) is 88.6 Å². The molecule has 3 N–H and O–H groups in total. The van der Waals surface area contributed by atoms with Crippen molar-refractivity contribution < 1.29 is 14.3 Å². The molecule has 0 aliphatic heterocycles. The first-order valence-corrected chi connectivity index (χ1v) is 12.1. The number of nitrogens with two attached hydrogens (primary N) is 1. The van der Waals surface area contributed by atoms with Crippen LogP contribution in [-0.2, 0) is 0 Å². The molecule has 0 fully saturated rings. The second-order valence-corrected chi connectivity index (χ2v) is 8.85. The molecule has 36 heavy (non-hydrogen) atoms. The van der Waals surface area contributed by atoms with Crippen LogP contribution in [0.15, 0.2) is 72.8 Å². The fourth-order valence-electron chi connectivity index (χ4n) is 3.62. The third-order valence-electron chi connectivity index (χ3n) is 5.43. The van der Waals surface area contributed by atoms with Crippen LogP contribution in [0.1, 0.15) is 49.0 Å². The van der Waals surface area contributed by atoms with Gasteiger partial charge in [-0.05, 0) is 87.7 Å². The summed E-state index contributed by atoms with van der Waals surface area (Å²) in [6, 6.07) is 22.0. The summed E-state index contributed by atoms with van der Waals surface area (Å²) in [5.41, 5.74) is 7.42. The van der Waals surface area contributed by atoms with Crippen LogP contribution in [0.5, 0.6) is 11.5 Å². The molecule has 0 spiro atoms. The molecule has 0 bridgehead atoms. The number of hydrogen-bond donors (Lipinski definition) is 2. The van der Waals surface area contributed by atoms with E-state index in [2.05, 4.69) is 0 Å². The molecular formula is C28H33Cl2N3O3. The molecule has 6 nitrogen and oxygen atoms in total. The molecule has 0 saturated carbocycles. The highest BCUT2D eigenvalue weighted by Crippen LogP contribution is 2.27. The van der Waals surface area contributed by atoms with Crippen molar-refractivity contribution in [1.29, 1.82) is 5.41 Å². The van der Waals surface area contributed by atoms with Gasteiger partial charge in [-0.2, -0.15) is 0 Å². The number of halogens is 2. The maximum Gasteiger partial charge on any atom is 0.260 e. The van der Waals surface area contributed by atoms with Crippen molar-refractivity contribution in [3.05, 3.63) is 88.9 Å². The van der Waals surface area contributed by atoms with Crippen LogP contribution < -0.4 is 20.1 Å². The zero-order valence-electron chi connectivity index (χ0n) is 20.6. The third kappa shape index (κ3) is 8.18. The van der Waals surface area contributed by atoms with Crippen molar-refractivity contribution in [1.82, 2.24) is 0 Å². The Morgan fingerprint density at radius 1 is 0.917 bits per heavy atom. The molecular weight excluding hydrogens is 497 g/mol. The molecule has 0 aliphatic carbocycles. The predicted octanol–water partition coefficient (Wildman–Crippen LogP) is 6.73. The standard InChI is InChI=1S/C28H32ClN3O3.ClH/c1-20(2)32(22-9-5-3-6-10-22)28(33)25-16-15-24(19-26(25)29)35-18-8-4-7-17-34-23-13-11-21(12-14-23)27(30)31;/h3,5-6,9-16,19-20H,4,7-8,17-18H2,1-2H3,(H3,30,31);1H. The van der Waals surface area contributed by atoms with Gasteiger partial charge < -0.3 is 20.1 Å². The molecule has 0 aliphatic rings. The number of carbonyl (C=O) groups excluding carboxylic acids is 1. The van der Waals surface area contributed by atoms with Gasteiger partial charge in [0.25, 0.3) is 5.91 Å². The van der Waals surface area contributed by atoms with E-state index in [4.69, 9.17) is 32.2 Å². The van der Waals surface area contributed by atoms with E-state index < -0.39 is 0 Å². The number of anilines is 1. The number of rotatable bonds is 12. The highest BCUT2D eigenvalue weighted by molar-refractivity contribution is 6.34. The first-order chi connectivity index (χ1) is 16.9. The van der Waals surface area contributed by atoms with Gasteiger partial charge in [-0.25, -0.2) is 0 Å². The van der Waals surface area contributed by atoms with Crippen LogP contribution in [0, 0.1) is 5.41 Å². The minimum Gasteiger partial charge on any atom is -0.494 e. The Hall–Kier alpha value is -3.22. The van der Waals surface area contributed by atoms with E-state index in [1.807, 2.05) is 56.3 Å². The summed E-state index contributed by atoms with van der Waals surface area (Å²) in [4.78, 5) is 14.9. The first-order valence-electron chi connectivity index (χ1n) is 11.7. The number of nitrogen functional groups attached to an aromatic ring is 1. The zero-order valence-corrected chi connectivity index (χ0v) is 22.1. The third-order valence-corrected chi connectivity index (χ3v) is 5.74. The normalized spacial score (nSPS) is 10.4. The van der Waals surface area contributed by atoms with Gasteiger partial charge in [0.15, 0.2) is 0 Å². The van der Waals surface area contributed by atoms with Crippen molar-refractivity contribution in [2.45, 2.75) is 39.2 Å². The van der Waals surface area contributed by atoms with Gasteiger partial charge in [0, 0.05) is 17.3 Å². The lowest BCUT2D eigenvalue weighted by atomic mass is 10.1. The molecule has 0 heterocycles. The average molecular weight is 530 g/mol. The van der Waals surface area contributed by atoms with Crippen LogP contribution >= 0.6 is 24.0 Å². The number of amidine groups is 1. The highest BCUT2D eigenvalue weighted by atomic mass is 35.5. The van der Waals surface area contributed by atoms with Gasteiger partial charge in [0.1, 0.15) is 17.3 Å². The summed E-state index contributed by atoms with van der Waals surface area (Å²) in [6.07, 6.45) is 2.73. The quantitative estimate of drug-likeness (QED) is 0.154. The summed E-state index contributed by atoms with van der Waals surface area (Å²) < 4.78 is 11.6. The Bertz CT molecular complexity index is 1120. The maximum absolute atomic E-state index is 13.2. The number of hydrogen-bond acceptors (Lipinski definition) is 4. The van der Waals surface area contributed by atoms with Crippen molar-refractivity contribution >= 4 is 41.4 Å². The van der Waals surface area contributed by atoms with Gasteiger partial charge in [-0.3, -0.25) is 10.2 Å². The largest absolute Gasteiger partial charge is 0.494 e. The predicted molar refractivity (Wildman–Crippen MR) is 149 cm³/mol. The van der Waals surface area contributed by atoms with Crippen molar-refractivity contribution in [3.63, 3.8) is 0 Å². The molecule has 3 aromatic carbocycles. The zero-order chi connectivity index (χ0) is 25.2. The van der Waals surface area contributed by atoms with E-state index >= 15 is 0 Å². The number of nitrogens with zero attached hydrogens (tertiary/aromatic N) is 1. The van der Waals surface area contributed by atoms with Crippen molar-refractivity contribution in [3.8, 4) is 11.5 Å². The Kier molecular flexibility index (Phi) is 11.6. The molecule has 0 aromatic heterocycles. The van der Waals surface area contributed by atoms with Crippen LogP contribution in [-0.4, -0.2) is 31.0 Å². The first kappa shape index (κ1) is 29.0. The fraction of sp³-hybridized carbons (Fsp3) is 0.286. The van der Waals surface area contributed by atoms with Gasteiger partial charge in [0.2, 0.25) is 0 Å². The molecule has 8 heteroatoms. The fourth-order valence-corrected chi connectivity index (χ4v) is 3.87. The van der Waals surface area contributed by atoms with Gasteiger partial charge in [-0.15, -0.1) is 12.4 Å². The molecule has 0 radical (unpaired) electrons. The SMILES string of the molecule is CC(C)N(C(=O)c1ccc(OCCCCCOc2ccc(C(=N)N)cc2)cc1Cl)c1ccccc1.Cl. The Morgan fingerprint density at radius 2 is 1.50 bits per heavy atom. The minimum absolute atomic E-state index is 0. The van der Waals surface area contributed by atoms with E-state index in [1.54, 1.807) is 35.2 Å². The molecule has 3 aromatic rings. The summed E-state index contributed by atoms with van der Waals surface area (Å²) >= 11 is 6.46. The Morgan fingerprint density at radius 3 is 2.06 bits per heavy atom. The smallest absolute Gasteiger partial charge is 0.260 e. The summed E-state index contributed by atoms with van der Waals surface area (Å²) in [5, 5.41) is 7.78. The number of benzene rings is 3. The van der Waals surface area contributed by atoms with Gasteiger partial charge >= 0.3 is 0 Å². The Labute approximate surface area is 224 Å². The monoisotopic (exact) mass is 529 g/mol. The van der Waals surface area contributed by atoms with Gasteiger partial charge in [-0.1, -0.05) is 29.8 Å². The minimum atomic E-state index is -0.140. The molecule has 192 valence electrons. The molecule has 1 amide bonds. The maximum atomic E-state index is 13.2. The highest BCUT2D eigenvalue weighted by Gasteiger charge is 2.22. The van der Waals surface area contributed by atoms with E-state index in [1.165, 1.54) is 0 Å². The number of para-hydroxylation sites is 1. The number of carbonyl (C=O) groups is 1. The summed E-state index contributed by atoms with van der Waals surface area (Å²) in [5.74, 6) is 1.31. The average Bonchev–Trinajstić information content (AvgIpc) is 2.84. The molecule has 0 atom stereocenters. The van der Waals surface area contributed by atoms with E-state index in [-0.39, 0.29) is 30.2 Å². The van der Waals surface area contributed by atoms with E-state index in [0.717, 1.165) is 30.7 Å². The summed E-state index contributed by atoms with van der Waals surface area (Å²) in [6.45, 7) is 5.12.